The van der Waals surface area contributed by atoms with Gasteiger partial charge in [0.15, 0.2) is 0 Å². The molecule has 2 aliphatic carbocycles. The molecule has 0 saturated carbocycles. The number of anilines is 6. The van der Waals surface area contributed by atoms with Gasteiger partial charge in [-0.3, -0.25) is 0 Å². The molecule has 1 atom stereocenters. The van der Waals surface area contributed by atoms with Crippen molar-refractivity contribution in [2.75, 3.05) is 9.80 Å². The van der Waals surface area contributed by atoms with Gasteiger partial charge in [-0.25, -0.2) is 0 Å². The van der Waals surface area contributed by atoms with Crippen LogP contribution in [0.4, 0.5) is 34.1 Å². The molecule has 0 bridgehead atoms. The van der Waals surface area contributed by atoms with Crippen molar-refractivity contribution in [2.45, 2.75) is 5.41 Å². The molecule has 0 N–H and O–H groups in total. The summed E-state index contributed by atoms with van der Waals surface area (Å²) < 4.78 is 6.50. The van der Waals surface area contributed by atoms with Crippen LogP contribution in [0.25, 0.3) is 66.1 Å². The molecule has 1 spiro atoms. The Balaban J connectivity index is 1.04. The molecule has 2 aliphatic rings. The van der Waals surface area contributed by atoms with Crippen molar-refractivity contribution in [3.63, 3.8) is 0 Å². The van der Waals surface area contributed by atoms with Crippen LogP contribution in [0.3, 0.4) is 0 Å². The van der Waals surface area contributed by atoms with E-state index in [1.807, 2.05) is 6.07 Å². The summed E-state index contributed by atoms with van der Waals surface area (Å²) in [7, 11) is 0. The van der Waals surface area contributed by atoms with Crippen LogP contribution in [0.2, 0.25) is 0 Å². The van der Waals surface area contributed by atoms with Crippen LogP contribution >= 0.6 is 0 Å². The molecule has 11 aromatic carbocycles. The van der Waals surface area contributed by atoms with E-state index < -0.39 is 5.41 Å². The number of hydrogen-bond donors (Lipinski definition) is 0. The average molecular weight is 867 g/mol. The van der Waals surface area contributed by atoms with Gasteiger partial charge in [0.2, 0.25) is 0 Å². The van der Waals surface area contributed by atoms with Crippen molar-refractivity contribution in [3.8, 4) is 33.4 Å². The van der Waals surface area contributed by atoms with Crippen LogP contribution in [0.1, 0.15) is 22.3 Å². The van der Waals surface area contributed by atoms with E-state index >= 15 is 0 Å². The van der Waals surface area contributed by atoms with Gasteiger partial charge in [0.05, 0.1) is 22.2 Å². The molecule has 0 aliphatic heterocycles. The summed E-state index contributed by atoms with van der Waals surface area (Å²) in [6.07, 6.45) is 0. The van der Waals surface area contributed by atoms with Crippen molar-refractivity contribution < 1.29 is 4.42 Å². The first kappa shape index (κ1) is 38.4. The molecule has 1 unspecified atom stereocenters. The van der Waals surface area contributed by atoms with Crippen LogP contribution in [0.15, 0.2) is 259 Å². The fourth-order valence-corrected chi connectivity index (χ4v) is 11.6. The van der Waals surface area contributed by atoms with Crippen LogP contribution in [-0.4, -0.2) is 0 Å². The predicted molar refractivity (Wildman–Crippen MR) is 282 cm³/mol. The zero-order valence-corrected chi connectivity index (χ0v) is 37.1. The maximum absolute atomic E-state index is 6.50. The molecule has 318 valence electrons. The van der Waals surface area contributed by atoms with E-state index in [-0.39, 0.29) is 0 Å². The number of nitrogens with zero attached hydrogens (tertiary/aromatic N) is 2. The summed E-state index contributed by atoms with van der Waals surface area (Å²) in [5.41, 5.74) is 20.2. The van der Waals surface area contributed by atoms with Crippen LogP contribution in [0.5, 0.6) is 0 Å². The van der Waals surface area contributed by atoms with Gasteiger partial charge in [0.25, 0.3) is 0 Å². The third-order valence-corrected chi connectivity index (χ3v) is 14.4. The quantitative estimate of drug-likeness (QED) is 0.159. The molecule has 0 saturated heterocycles. The fourth-order valence-electron chi connectivity index (χ4n) is 11.6. The summed E-state index contributed by atoms with van der Waals surface area (Å²) in [5, 5.41) is 4.60. The zero-order valence-electron chi connectivity index (χ0n) is 37.1. The molecule has 0 radical (unpaired) electrons. The van der Waals surface area contributed by atoms with Gasteiger partial charge in [-0.2, -0.15) is 0 Å². The average Bonchev–Trinajstić information content (AvgIpc) is 4.04. The molecule has 0 fully saturated rings. The summed E-state index contributed by atoms with van der Waals surface area (Å²) in [4.78, 5) is 4.89. The van der Waals surface area contributed by atoms with Gasteiger partial charge in [0, 0.05) is 33.7 Å². The SMILES string of the molecule is c1ccc(-c2cc3ccccc3cc2N(c2ccccc2)c2ccc3c(c2)C2(c4ccccc4-3)c3ccccc3-c3ccc(N(c4ccccc4)c4cccc5oc6ccccc6c45)cc32)cc1. The third-order valence-electron chi connectivity index (χ3n) is 14.4. The largest absolute Gasteiger partial charge is 0.456 e. The van der Waals surface area contributed by atoms with Gasteiger partial charge < -0.3 is 14.2 Å². The monoisotopic (exact) mass is 866 g/mol. The molecule has 0 amide bonds. The number of benzene rings is 11. The Labute approximate surface area is 395 Å². The highest BCUT2D eigenvalue weighted by molar-refractivity contribution is 6.13. The van der Waals surface area contributed by atoms with E-state index in [9.17, 15) is 0 Å². The molecule has 3 heteroatoms. The van der Waals surface area contributed by atoms with Gasteiger partial charge in [-0.15, -0.1) is 0 Å². The Kier molecular flexibility index (Phi) is 8.50. The van der Waals surface area contributed by atoms with Gasteiger partial charge in [-0.05, 0) is 140 Å². The van der Waals surface area contributed by atoms with E-state index in [0.29, 0.717) is 0 Å². The Morgan fingerprint density at radius 1 is 0.294 bits per heavy atom. The predicted octanol–water partition coefficient (Wildman–Crippen LogP) is 17.7. The van der Waals surface area contributed by atoms with E-state index in [4.69, 9.17) is 4.42 Å². The lowest BCUT2D eigenvalue weighted by molar-refractivity contribution is 0.669. The fraction of sp³-hybridized carbons (Fsp3) is 0.0154. The van der Waals surface area contributed by atoms with E-state index in [0.717, 1.165) is 56.1 Å². The first-order valence-corrected chi connectivity index (χ1v) is 23.4. The van der Waals surface area contributed by atoms with Crippen molar-refractivity contribution in [1.82, 2.24) is 0 Å². The lowest BCUT2D eigenvalue weighted by Crippen LogP contribution is -2.26. The Bertz CT molecular complexity index is 3920. The number of rotatable bonds is 7. The highest BCUT2D eigenvalue weighted by atomic mass is 16.3. The molecule has 1 heterocycles. The topological polar surface area (TPSA) is 19.6 Å². The van der Waals surface area contributed by atoms with Crippen LogP contribution < -0.4 is 9.80 Å². The first-order valence-electron chi connectivity index (χ1n) is 23.4. The lowest BCUT2D eigenvalue weighted by atomic mass is 9.70. The summed E-state index contributed by atoms with van der Waals surface area (Å²) in [6.45, 7) is 0. The highest BCUT2D eigenvalue weighted by Crippen LogP contribution is 2.64. The maximum Gasteiger partial charge on any atom is 0.137 e. The van der Waals surface area contributed by atoms with Crippen molar-refractivity contribution in [3.05, 3.63) is 277 Å². The number of hydrogen-bond acceptors (Lipinski definition) is 3. The normalized spacial score (nSPS) is 14.2. The summed E-state index contributed by atoms with van der Waals surface area (Å²) >= 11 is 0. The number of para-hydroxylation sites is 3. The van der Waals surface area contributed by atoms with Crippen LogP contribution in [-0.2, 0) is 5.41 Å². The molecule has 1 aromatic heterocycles. The van der Waals surface area contributed by atoms with Gasteiger partial charge in [0.1, 0.15) is 11.2 Å². The van der Waals surface area contributed by atoms with E-state index in [1.54, 1.807) is 0 Å². The Hall–Kier alpha value is -8.92. The number of fused-ring (bicyclic) bond motifs is 14. The Morgan fingerprint density at radius 2 is 0.779 bits per heavy atom. The number of furan rings is 1. The van der Waals surface area contributed by atoms with Crippen molar-refractivity contribution in [2.24, 2.45) is 0 Å². The molecule has 12 aromatic rings. The molecule has 14 rings (SSSR count). The minimum absolute atomic E-state index is 0.616. The van der Waals surface area contributed by atoms with Gasteiger partial charge >= 0.3 is 0 Å². The molecule has 3 nitrogen and oxygen atoms in total. The van der Waals surface area contributed by atoms with Gasteiger partial charge in [-0.1, -0.05) is 176 Å². The minimum Gasteiger partial charge on any atom is -0.456 e. The smallest absolute Gasteiger partial charge is 0.137 e. The van der Waals surface area contributed by atoms with Crippen LogP contribution in [0, 0.1) is 0 Å². The van der Waals surface area contributed by atoms with Crippen molar-refractivity contribution in [1.29, 1.82) is 0 Å². The third kappa shape index (κ3) is 5.60. The zero-order chi connectivity index (χ0) is 44.8. The first-order chi connectivity index (χ1) is 33.7. The second kappa shape index (κ2) is 15.1. The molecule has 68 heavy (non-hydrogen) atoms. The molecular weight excluding hydrogens is 825 g/mol. The summed E-state index contributed by atoms with van der Waals surface area (Å²) in [6, 6.07) is 93.2. The standard InChI is InChI=1S/C65H42N2O/c1-4-19-43(20-5-1)55-39-44-21-10-11-22-45(44)40-61(55)67(47-25-8-3-9-26-47)49-36-38-53-51-28-13-16-31-57(51)65(59(53)42-49)56-30-15-12-27-50(56)52-37-35-48(41-58(52)65)66(46-23-6-2-7-24-46)60-32-18-34-63-64(60)54-29-14-17-33-62(54)68-63/h1-42H. The highest BCUT2D eigenvalue weighted by Gasteiger charge is 2.52. The maximum atomic E-state index is 6.50. The minimum atomic E-state index is -0.616. The Morgan fingerprint density at radius 3 is 1.41 bits per heavy atom. The second-order valence-electron chi connectivity index (χ2n) is 18.0. The van der Waals surface area contributed by atoms with E-state index in [1.165, 1.54) is 66.4 Å². The van der Waals surface area contributed by atoms with E-state index in [2.05, 4.69) is 259 Å². The lowest BCUT2D eigenvalue weighted by Gasteiger charge is -2.34. The van der Waals surface area contributed by atoms with Crippen molar-refractivity contribution >= 4 is 66.8 Å². The second-order valence-corrected chi connectivity index (χ2v) is 18.0. The molecular formula is C65H42N2O. The summed E-state index contributed by atoms with van der Waals surface area (Å²) in [5.74, 6) is 0.